The van der Waals surface area contributed by atoms with Crippen molar-refractivity contribution < 1.29 is 4.79 Å². The molecule has 1 aliphatic heterocycles. The highest BCUT2D eigenvalue weighted by Crippen LogP contribution is 2.31. The first-order valence-electron chi connectivity index (χ1n) is 8.60. The first kappa shape index (κ1) is 18.3. The van der Waals surface area contributed by atoms with Crippen LogP contribution in [-0.4, -0.2) is 22.3 Å². The van der Waals surface area contributed by atoms with Gasteiger partial charge in [0, 0.05) is 18.5 Å². The Morgan fingerprint density at radius 1 is 1.12 bits per heavy atom. The van der Waals surface area contributed by atoms with Gasteiger partial charge in [-0.3, -0.25) is 4.79 Å². The normalized spacial score (nSPS) is 18.5. The van der Waals surface area contributed by atoms with Crippen LogP contribution in [0, 0.1) is 6.92 Å². The zero-order chi connectivity index (χ0) is 17.7. The molecule has 1 amide bonds. The van der Waals surface area contributed by atoms with Crippen molar-refractivity contribution in [1.82, 2.24) is 4.90 Å². The maximum absolute atomic E-state index is 12.2. The van der Waals surface area contributed by atoms with E-state index in [1.165, 1.54) is 22.3 Å². The van der Waals surface area contributed by atoms with Crippen molar-refractivity contribution in [2.24, 2.45) is 0 Å². The van der Waals surface area contributed by atoms with E-state index < -0.39 is 0 Å². The molecule has 1 aliphatic carbocycles. The quantitative estimate of drug-likeness (QED) is 0.554. The molecule has 1 aromatic rings. The summed E-state index contributed by atoms with van der Waals surface area (Å²) in [6, 6.07) is 8.56. The fourth-order valence-corrected chi connectivity index (χ4v) is 3.26. The molecular formula is C21H25NOS. The molecule has 1 saturated heterocycles. The third kappa shape index (κ3) is 3.90. The van der Waals surface area contributed by atoms with E-state index in [2.05, 4.69) is 43.3 Å². The summed E-state index contributed by atoms with van der Waals surface area (Å²) in [5.41, 5.74) is 5.81. The third-order valence-electron chi connectivity index (χ3n) is 4.15. The van der Waals surface area contributed by atoms with Crippen LogP contribution in [0.3, 0.4) is 0 Å². The largest absolute Gasteiger partial charge is 0.303 e. The van der Waals surface area contributed by atoms with E-state index >= 15 is 0 Å². The van der Waals surface area contributed by atoms with Gasteiger partial charge in [0.2, 0.25) is 0 Å². The van der Waals surface area contributed by atoms with Crippen LogP contribution in [0.4, 0.5) is 0 Å². The molecule has 24 heavy (non-hydrogen) atoms. The van der Waals surface area contributed by atoms with Crippen molar-refractivity contribution in [3.8, 4) is 0 Å². The molecule has 2 nitrogen and oxygen atoms in total. The van der Waals surface area contributed by atoms with Crippen molar-refractivity contribution in [2.75, 3.05) is 6.54 Å². The minimum atomic E-state index is 0.0668. The van der Waals surface area contributed by atoms with Crippen LogP contribution in [0.25, 0.3) is 5.57 Å². The molecule has 1 fully saturated rings. The lowest BCUT2D eigenvalue weighted by Crippen LogP contribution is -2.27. The fraction of sp³-hybridized carbons (Fsp3) is 0.333. The number of thiocarbonyl (C=S) groups is 1. The maximum atomic E-state index is 12.2. The van der Waals surface area contributed by atoms with E-state index in [0.29, 0.717) is 13.0 Å². The number of likely N-dealkylation sites (tertiary alicyclic amines) is 1. The van der Waals surface area contributed by atoms with Crippen molar-refractivity contribution in [1.29, 1.82) is 0 Å². The van der Waals surface area contributed by atoms with Gasteiger partial charge in [0.05, 0.1) is 4.99 Å². The minimum Gasteiger partial charge on any atom is -0.303 e. The molecule has 0 N–H and O–H groups in total. The number of allylic oxidation sites excluding steroid dienone is 5. The van der Waals surface area contributed by atoms with Crippen molar-refractivity contribution in [3.05, 3.63) is 64.8 Å². The number of hydrogen-bond donors (Lipinski definition) is 0. The zero-order valence-corrected chi connectivity index (χ0v) is 15.7. The number of carbonyl (C=O) groups excluding carboxylic acids is 1. The van der Waals surface area contributed by atoms with Gasteiger partial charge in [0.25, 0.3) is 5.91 Å². The van der Waals surface area contributed by atoms with E-state index in [1.807, 2.05) is 26.8 Å². The molecule has 0 unspecified atom stereocenters. The number of amides is 1. The van der Waals surface area contributed by atoms with E-state index in [4.69, 9.17) is 12.2 Å². The molecule has 0 spiro atoms. The number of carbonyl (C=O) groups is 1. The monoisotopic (exact) mass is 339 g/mol. The van der Waals surface area contributed by atoms with Crippen LogP contribution in [0.1, 0.15) is 44.7 Å². The third-order valence-corrected chi connectivity index (χ3v) is 4.52. The zero-order valence-electron chi connectivity index (χ0n) is 14.9. The predicted molar refractivity (Wildman–Crippen MR) is 106 cm³/mol. The van der Waals surface area contributed by atoms with Gasteiger partial charge in [-0.1, -0.05) is 68.0 Å². The van der Waals surface area contributed by atoms with Crippen LogP contribution in [0.5, 0.6) is 0 Å². The predicted octanol–water partition coefficient (Wildman–Crippen LogP) is 5.24. The van der Waals surface area contributed by atoms with E-state index in [0.717, 1.165) is 17.0 Å². The molecule has 1 heterocycles. The summed E-state index contributed by atoms with van der Waals surface area (Å²) >= 11 is 5.28. The van der Waals surface area contributed by atoms with Crippen molar-refractivity contribution >= 4 is 28.7 Å². The van der Waals surface area contributed by atoms with Crippen molar-refractivity contribution in [3.63, 3.8) is 0 Å². The average Bonchev–Trinajstić information content (AvgIpc) is 3.15. The van der Waals surface area contributed by atoms with Gasteiger partial charge in [-0.15, -0.1) is 0 Å². The van der Waals surface area contributed by atoms with Crippen LogP contribution >= 0.6 is 12.2 Å². The number of nitrogens with zero attached hydrogens (tertiary/aromatic N) is 1. The first-order valence-corrected chi connectivity index (χ1v) is 9.01. The Hall–Kier alpha value is -2.00. The molecule has 126 valence electrons. The van der Waals surface area contributed by atoms with Crippen LogP contribution in [0.2, 0.25) is 0 Å². The van der Waals surface area contributed by atoms with Crippen LogP contribution < -0.4 is 0 Å². The van der Waals surface area contributed by atoms with Crippen molar-refractivity contribution in [2.45, 2.75) is 40.5 Å². The summed E-state index contributed by atoms with van der Waals surface area (Å²) in [6.45, 7) is 8.70. The SMILES string of the molecule is CC.CCN1C(=O)/C(=C/C2=CC=C(c3ccc(C)cc3)C2)CC1=S. The Balaban J connectivity index is 0.00000100. The van der Waals surface area contributed by atoms with Crippen LogP contribution in [0.15, 0.2) is 53.6 Å². The number of likely N-dealkylation sites (N-methyl/N-ethyl adjacent to an activating group) is 1. The average molecular weight is 340 g/mol. The molecule has 0 atom stereocenters. The topological polar surface area (TPSA) is 20.3 Å². The lowest BCUT2D eigenvalue weighted by atomic mass is 10.0. The van der Waals surface area contributed by atoms with Gasteiger partial charge in [-0.2, -0.15) is 0 Å². The second kappa shape index (κ2) is 8.20. The number of hydrogen-bond acceptors (Lipinski definition) is 2. The number of rotatable bonds is 3. The summed E-state index contributed by atoms with van der Waals surface area (Å²) in [4.78, 5) is 14.7. The molecule has 0 radical (unpaired) electrons. The molecular weight excluding hydrogens is 314 g/mol. The Bertz CT molecular complexity index is 723. The second-order valence-corrected chi connectivity index (χ2v) is 6.24. The Kier molecular flexibility index (Phi) is 6.27. The van der Waals surface area contributed by atoms with Crippen LogP contribution in [-0.2, 0) is 4.79 Å². The van der Waals surface area contributed by atoms with Gasteiger partial charge in [-0.25, -0.2) is 0 Å². The summed E-state index contributed by atoms with van der Waals surface area (Å²) < 4.78 is 0. The first-order chi connectivity index (χ1) is 11.6. The minimum absolute atomic E-state index is 0.0668. The highest BCUT2D eigenvalue weighted by molar-refractivity contribution is 7.80. The molecule has 3 rings (SSSR count). The van der Waals surface area contributed by atoms with E-state index in [1.54, 1.807) is 4.90 Å². The van der Waals surface area contributed by atoms with Gasteiger partial charge < -0.3 is 4.90 Å². The smallest absolute Gasteiger partial charge is 0.255 e. The molecule has 0 bridgehead atoms. The number of benzene rings is 1. The standard InChI is InChI=1S/C19H19NOS.C2H6/c1-3-20-18(22)12-17(19(20)21)11-14-6-9-16(10-14)15-7-4-13(2)5-8-15;1-2/h4-9,11H,3,10,12H2,1-2H3;1-2H3/b17-11+;. The lowest BCUT2D eigenvalue weighted by molar-refractivity contribution is -0.122. The molecule has 1 aromatic carbocycles. The van der Waals surface area contributed by atoms with Gasteiger partial charge in [0.15, 0.2) is 0 Å². The van der Waals surface area contributed by atoms with E-state index in [-0.39, 0.29) is 5.91 Å². The molecule has 0 saturated carbocycles. The van der Waals surface area contributed by atoms with E-state index in [9.17, 15) is 4.79 Å². The van der Waals surface area contributed by atoms with Gasteiger partial charge >= 0.3 is 0 Å². The Labute approximate surface area is 150 Å². The highest BCUT2D eigenvalue weighted by atomic mass is 32.1. The van der Waals surface area contributed by atoms with Gasteiger partial charge in [0.1, 0.15) is 0 Å². The lowest BCUT2D eigenvalue weighted by Gasteiger charge is -2.11. The fourth-order valence-electron chi connectivity index (χ4n) is 2.89. The van der Waals surface area contributed by atoms with Gasteiger partial charge in [-0.05, 0) is 43.1 Å². The number of aryl methyl sites for hydroxylation is 1. The summed E-state index contributed by atoms with van der Waals surface area (Å²) in [7, 11) is 0. The Morgan fingerprint density at radius 2 is 1.79 bits per heavy atom. The second-order valence-electron chi connectivity index (χ2n) is 5.77. The molecule has 3 heteroatoms. The summed E-state index contributed by atoms with van der Waals surface area (Å²) in [5.74, 6) is 0.0668. The molecule has 2 aliphatic rings. The Morgan fingerprint density at radius 3 is 2.38 bits per heavy atom. The molecule has 0 aromatic heterocycles. The highest BCUT2D eigenvalue weighted by Gasteiger charge is 2.29. The summed E-state index contributed by atoms with van der Waals surface area (Å²) in [6.07, 6.45) is 7.74. The maximum Gasteiger partial charge on any atom is 0.255 e. The summed E-state index contributed by atoms with van der Waals surface area (Å²) in [5, 5.41) is 0.